The van der Waals surface area contributed by atoms with Gasteiger partial charge in [-0.3, -0.25) is 0 Å². The summed E-state index contributed by atoms with van der Waals surface area (Å²) in [5, 5.41) is 0. The zero-order valence-electron chi connectivity index (χ0n) is 8.52. The highest BCUT2D eigenvalue weighted by atomic mass is 16.6. The number of rotatable bonds is 6. The van der Waals surface area contributed by atoms with Crippen molar-refractivity contribution in [1.29, 1.82) is 0 Å². The Morgan fingerprint density at radius 3 is 2.40 bits per heavy atom. The van der Waals surface area contributed by atoms with E-state index in [-0.39, 0.29) is 0 Å². The minimum Gasteiger partial charge on any atom is -0.491 e. The summed E-state index contributed by atoms with van der Waals surface area (Å²) in [5.41, 5.74) is 0. The van der Waals surface area contributed by atoms with Crippen molar-refractivity contribution in [2.45, 2.75) is 6.10 Å². The predicted molar refractivity (Wildman–Crippen MR) is 57.4 cm³/mol. The molecule has 0 aromatic heterocycles. The molecule has 2 rings (SSSR count). The van der Waals surface area contributed by atoms with Crippen LogP contribution in [0.3, 0.4) is 0 Å². The average molecular weight is 206 g/mol. The normalized spacial score (nSPS) is 18.3. The van der Waals surface area contributed by atoms with Crippen molar-refractivity contribution in [2.24, 2.45) is 0 Å². The molecule has 1 atom stereocenters. The van der Waals surface area contributed by atoms with E-state index in [0.717, 1.165) is 18.1 Å². The molecule has 1 saturated heterocycles. The summed E-state index contributed by atoms with van der Waals surface area (Å²) in [6.45, 7) is 5.56. The molecule has 15 heavy (non-hydrogen) atoms. The molecule has 0 amide bonds. The Kier molecular flexibility index (Phi) is 3.25. The molecule has 0 aliphatic carbocycles. The Hall–Kier alpha value is -1.48. The molecular formula is C12H14O3. The van der Waals surface area contributed by atoms with E-state index >= 15 is 0 Å². The van der Waals surface area contributed by atoms with Crippen LogP contribution in [0.5, 0.6) is 11.5 Å². The molecule has 1 aliphatic heterocycles. The van der Waals surface area contributed by atoms with E-state index < -0.39 is 0 Å². The van der Waals surface area contributed by atoms with Crippen LogP contribution < -0.4 is 9.47 Å². The van der Waals surface area contributed by atoms with Crippen LogP contribution >= 0.6 is 0 Å². The molecular weight excluding hydrogens is 192 g/mol. The molecule has 0 spiro atoms. The number of epoxide rings is 1. The lowest BCUT2D eigenvalue weighted by Gasteiger charge is -2.06. The van der Waals surface area contributed by atoms with Gasteiger partial charge in [0.25, 0.3) is 0 Å². The van der Waals surface area contributed by atoms with E-state index in [1.165, 1.54) is 0 Å². The van der Waals surface area contributed by atoms with E-state index in [1.54, 1.807) is 6.08 Å². The van der Waals surface area contributed by atoms with Crippen LogP contribution in [-0.4, -0.2) is 25.9 Å². The van der Waals surface area contributed by atoms with Gasteiger partial charge in [0.2, 0.25) is 0 Å². The predicted octanol–water partition coefficient (Wildman–Crippen LogP) is 2.03. The van der Waals surface area contributed by atoms with Crippen molar-refractivity contribution in [1.82, 2.24) is 0 Å². The lowest BCUT2D eigenvalue weighted by molar-refractivity contribution is 0.262. The van der Waals surface area contributed by atoms with Crippen LogP contribution in [0.1, 0.15) is 0 Å². The highest BCUT2D eigenvalue weighted by molar-refractivity contribution is 5.31. The van der Waals surface area contributed by atoms with Gasteiger partial charge in [-0.1, -0.05) is 12.7 Å². The Labute approximate surface area is 89.3 Å². The smallest absolute Gasteiger partial charge is 0.120 e. The van der Waals surface area contributed by atoms with Gasteiger partial charge in [-0.2, -0.15) is 0 Å². The standard InChI is InChI=1S/C12H14O3/c1-2-7-13-10-3-5-11(6-4-10)14-8-12-9-15-12/h2-6,12H,1,7-9H2. The summed E-state index contributed by atoms with van der Waals surface area (Å²) < 4.78 is 15.9. The van der Waals surface area contributed by atoms with Crippen molar-refractivity contribution < 1.29 is 14.2 Å². The van der Waals surface area contributed by atoms with Crippen LogP contribution in [0.4, 0.5) is 0 Å². The molecule has 3 nitrogen and oxygen atoms in total. The zero-order chi connectivity index (χ0) is 10.5. The molecule has 0 bridgehead atoms. The van der Waals surface area contributed by atoms with E-state index in [9.17, 15) is 0 Å². The van der Waals surface area contributed by atoms with Gasteiger partial charge in [-0.25, -0.2) is 0 Å². The van der Waals surface area contributed by atoms with Gasteiger partial charge in [0.15, 0.2) is 0 Å². The number of hydrogen-bond acceptors (Lipinski definition) is 3. The number of hydrogen-bond donors (Lipinski definition) is 0. The maximum Gasteiger partial charge on any atom is 0.120 e. The third kappa shape index (κ3) is 3.29. The first kappa shape index (κ1) is 10.1. The number of benzene rings is 1. The maximum atomic E-state index is 5.49. The zero-order valence-corrected chi connectivity index (χ0v) is 8.52. The van der Waals surface area contributed by atoms with Gasteiger partial charge in [0.1, 0.15) is 30.8 Å². The lowest BCUT2D eigenvalue weighted by atomic mass is 10.3. The Morgan fingerprint density at radius 2 is 1.87 bits per heavy atom. The average Bonchev–Trinajstić information content (AvgIpc) is 3.09. The van der Waals surface area contributed by atoms with Crippen molar-refractivity contribution in [2.75, 3.05) is 19.8 Å². The largest absolute Gasteiger partial charge is 0.491 e. The summed E-state index contributed by atoms with van der Waals surface area (Å²) >= 11 is 0. The van der Waals surface area contributed by atoms with Crippen molar-refractivity contribution >= 4 is 0 Å². The molecule has 80 valence electrons. The highest BCUT2D eigenvalue weighted by Crippen LogP contribution is 2.19. The van der Waals surface area contributed by atoms with Crippen LogP contribution in [-0.2, 0) is 4.74 Å². The molecule has 0 saturated carbocycles. The minimum atomic E-state index is 0.293. The van der Waals surface area contributed by atoms with Crippen molar-refractivity contribution in [3.63, 3.8) is 0 Å². The molecule has 1 heterocycles. The molecule has 0 N–H and O–H groups in total. The third-order valence-corrected chi connectivity index (χ3v) is 2.03. The summed E-state index contributed by atoms with van der Waals surface area (Å²) in [6, 6.07) is 7.54. The SMILES string of the molecule is C=CCOc1ccc(OCC2CO2)cc1. The van der Waals surface area contributed by atoms with Gasteiger partial charge in [-0.05, 0) is 24.3 Å². The molecule has 0 radical (unpaired) electrons. The number of ether oxygens (including phenoxy) is 3. The summed E-state index contributed by atoms with van der Waals surface area (Å²) in [7, 11) is 0. The molecule has 1 aromatic rings. The highest BCUT2D eigenvalue weighted by Gasteiger charge is 2.22. The molecule has 3 heteroatoms. The molecule has 1 aliphatic rings. The van der Waals surface area contributed by atoms with Gasteiger partial charge in [0.05, 0.1) is 6.61 Å². The fourth-order valence-corrected chi connectivity index (χ4v) is 1.14. The summed E-state index contributed by atoms with van der Waals surface area (Å²) in [5.74, 6) is 1.67. The molecule has 1 fully saturated rings. The van der Waals surface area contributed by atoms with Gasteiger partial charge >= 0.3 is 0 Å². The second kappa shape index (κ2) is 4.84. The topological polar surface area (TPSA) is 31.0 Å². The maximum absolute atomic E-state index is 5.49. The van der Waals surface area contributed by atoms with Gasteiger partial charge in [0, 0.05) is 0 Å². The fraction of sp³-hybridized carbons (Fsp3) is 0.333. The van der Waals surface area contributed by atoms with Crippen LogP contribution in [0.25, 0.3) is 0 Å². The Balaban J connectivity index is 1.82. The van der Waals surface area contributed by atoms with Gasteiger partial charge < -0.3 is 14.2 Å². The first-order chi connectivity index (χ1) is 7.38. The first-order valence-electron chi connectivity index (χ1n) is 4.96. The Morgan fingerprint density at radius 1 is 1.27 bits per heavy atom. The molecule has 1 aromatic carbocycles. The van der Waals surface area contributed by atoms with Gasteiger partial charge in [-0.15, -0.1) is 0 Å². The van der Waals surface area contributed by atoms with Crippen molar-refractivity contribution in [3.8, 4) is 11.5 Å². The van der Waals surface area contributed by atoms with Crippen LogP contribution in [0.2, 0.25) is 0 Å². The summed E-state index contributed by atoms with van der Waals surface area (Å²) in [6.07, 6.45) is 2.01. The lowest BCUT2D eigenvalue weighted by Crippen LogP contribution is -2.03. The van der Waals surface area contributed by atoms with E-state index in [1.807, 2.05) is 24.3 Å². The van der Waals surface area contributed by atoms with Crippen molar-refractivity contribution in [3.05, 3.63) is 36.9 Å². The quantitative estimate of drug-likeness (QED) is 0.527. The van der Waals surface area contributed by atoms with E-state index in [0.29, 0.717) is 19.3 Å². The monoisotopic (exact) mass is 206 g/mol. The van der Waals surface area contributed by atoms with Crippen LogP contribution in [0, 0.1) is 0 Å². The van der Waals surface area contributed by atoms with Crippen LogP contribution in [0.15, 0.2) is 36.9 Å². The minimum absolute atomic E-state index is 0.293. The van der Waals surface area contributed by atoms with E-state index in [4.69, 9.17) is 14.2 Å². The Bertz CT molecular complexity index is 314. The second-order valence-electron chi connectivity index (χ2n) is 3.34. The molecule has 1 unspecified atom stereocenters. The third-order valence-electron chi connectivity index (χ3n) is 2.03. The first-order valence-corrected chi connectivity index (χ1v) is 4.96. The summed E-state index contributed by atoms with van der Waals surface area (Å²) in [4.78, 5) is 0. The fourth-order valence-electron chi connectivity index (χ4n) is 1.14. The second-order valence-corrected chi connectivity index (χ2v) is 3.34. The van der Waals surface area contributed by atoms with E-state index in [2.05, 4.69) is 6.58 Å².